The summed E-state index contributed by atoms with van der Waals surface area (Å²) in [5.41, 5.74) is -0.727. The van der Waals surface area contributed by atoms with Crippen molar-refractivity contribution < 1.29 is 13.9 Å². The summed E-state index contributed by atoms with van der Waals surface area (Å²) in [6.45, 7) is 1.47. The van der Waals surface area contributed by atoms with Crippen molar-refractivity contribution in [3.8, 4) is 0 Å². The molecule has 1 atom stereocenters. The van der Waals surface area contributed by atoms with E-state index in [4.69, 9.17) is 0 Å². The maximum absolute atomic E-state index is 13.9. The van der Waals surface area contributed by atoms with Crippen LogP contribution >= 0.6 is 11.3 Å². The van der Waals surface area contributed by atoms with Gasteiger partial charge in [-0.1, -0.05) is 24.3 Å². The maximum atomic E-state index is 13.9. The van der Waals surface area contributed by atoms with E-state index in [1.807, 2.05) is 24.3 Å². The lowest BCUT2D eigenvalue weighted by molar-refractivity contribution is 0.0530. The summed E-state index contributed by atoms with van der Waals surface area (Å²) in [5.74, 6) is -1.97. The van der Waals surface area contributed by atoms with Gasteiger partial charge in [0.1, 0.15) is 0 Å². The van der Waals surface area contributed by atoms with E-state index < -0.39 is 17.2 Å². The molecule has 0 fully saturated rings. The number of thiazole rings is 1. The van der Waals surface area contributed by atoms with E-state index in [-0.39, 0.29) is 12.0 Å². The average Bonchev–Trinajstić information content (AvgIpc) is 2.82. The van der Waals surface area contributed by atoms with E-state index in [0.717, 1.165) is 16.3 Å². The van der Waals surface area contributed by atoms with Gasteiger partial charge in [0.25, 0.3) is 0 Å². The van der Waals surface area contributed by atoms with E-state index in [0.29, 0.717) is 5.01 Å². The summed E-state index contributed by atoms with van der Waals surface area (Å²) in [6.07, 6.45) is 0.132. The Labute approximate surface area is 124 Å². The fourth-order valence-corrected chi connectivity index (χ4v) is 3.42. The number of fused-ring (bicyclic) bond motifs is 1. The lowest BCUT2D eigenvalue weighted by Crippen LogP contribution is -2.26. The smallest absolute Gasteiger partial charge is 0.164 e. The summed E-state index contributed by atoms with van der Waals surface area (Å²) in [4.78, 5) is 4.42. The Bertz CT molecular complexity index is 765. The van der Waals surface area contributed by atoms with Gasteiger partial charge in [0.2, 0.25) is 0 Å². The Morgan fingerprint density at radius 3 is 2.67 bits per heavy atom. The highest BCUT2D eigenvalue weighted by Crippen LogP contribution is 2.31. The number of hydrogen-bond acceptors (Lipinski definition) is 3. The van der Waals surface area contributed by atoms with Crippen molar-refractivity contribution in [2.75, 3.05) is 0 Å². The van der Waals surface area contributed by atoms with Crippen molar-refractivity contribution in [3.05, 3.63) is 64.7 Å². The van der Waals surface area contributed by atoms with Crippen LogP contribution in [0.1, 0.15) is 17.5 Å². The topological polar surface area (TPSA) is 33.1 Å². The van der Waals surface area contributed by atoms with Gasteiger partial charge in [-0.05, 0) is 25.1 Å². The highest BCUT2D eigenvalue weighted by molar-refractivity contribution is 7.18. The third kappa shape index (κ3) is 2.66. The molecule has 3 rings (SSSR count). The number of aromatic nitrogens is 1. The first-order chi connectivity index (χ1) is 9.97. The predicted octanol–water partition coefficient (Wildman–Crippen LogP) is 4.02. The summed E-state index contributed by atoms with van der Waals surface area (Å²) >= 11 is 1.44. The SMILES string of the molecule is CC(O)(Cc1nc2ccccc2s1)c1cccc(F)c1F. The molecular weight excluding hydrogens is 292 g/mol. The van der Waals surface area contributed by atoms with Gasteiger partial charge >= 0.3 is 0 Å². The normalized spacial score (nSPS) is 14.3. The first-order valence-corrected chi connectivity index (χ1v) is 7.30. The van der Waals surface area contributed by atoms with Gasteiger partial charge in [0.05, 0.1) is 20.8 Å². The molecule has 0 aliphatic carbocycles. The first kappa shape index (κ1) is 14.1. The Morgan fingerprint density at radius 2 is 1.90 bits per heavy atom. The van der Waals surface area contributed by atoms with Crippen LogP contribution in [0.25, 0.3) is 10.2 Å². The summed E-state index contributed by atoms with van der Waals surface area (Å²) in [7, 11) is 0. The van der Waals surface area contributed by atoms with Crippen molar-refractivity contribution in [3.63, 3.8) is 0 Å². The van der Waals surface area contributed by atoms with E-state index in [2.05, 4.69) is 4.98 Å². The van der Waals surface area contributed by atoms with Crippen LogP contribution in [0.2, 0.25) is 0 Å². The zero-order valence-corrected chi connectivity index (χ0v) is 12.1. The number of halogens is 2. The molecule has 1 heterocycles. The molecule has 3 aromatic rings. The Balaban J connectivity index is 1.96. The predicted molar refractivity (Wildman–Crippen MR) is 79.3 cm³/mol. The lowest BCUT2D eigenvalue weighted by Gasteiger charge is -2.23. The zero-order valence-electron chi connectivity index (χ0n) is 11.3. The van der Waals surface area contributed by atoms with Gasteiger partial charge < -0.3 is 5.11 Å². The van der Waals surface area contributed by atoms with Crippen LogP contribution in [0.4, 0.5) is 8.78 Å². The Hall–Kier alpha value is -1.85. The van der Waals surface area contributed by atoms with Crippen LogP contribution < -0.4 is 0 Å². The molecule has 0 saturated heterocycles. The largest absolute Gasteiger partial charge is 0.385 e. The van der Waals surface area contributed by atoms with Crippen molar-refractivity contribution in [2.24, 2.45) is 0 Å². The van der Waals surface area contributed by atoms with Crippen LogP contribution in [0.5, 0.6) is 0 Å². The standard InChI is InChI=1S/C16H13F2NOS/c1-16(20,10-5-4-6-11(17)15(10)18)9-14-19-12-7-2-3-8-13(12)21-14/h2-8,20H,9H2,1H3. The highest BCUT2D eigenvalue weighted by atomic mass is 32.1. The Morgan fingerprint density at radius 1 is 1.14 bits per heavy atom. The molecule has 1 N–H and O–H groups in total. The molecule has 5 heteroatoms. The minimum Gasteiger partial charge on any atom is -0.385 e. The summed E-state index contributed by atoms with van der Waals surface area (Å²) < 4.78 is 28.2. The highest BCUT2D eigenvalue weighted by Gasteiger charge is 2.29. The molecule has 108 valence electrons. The maximum Gasteiger partial charge on any atom is 0.164 e. The van der Waals surface area contributed by atoms with Gasteiger partial charge in [0, 0.05) is 12.0 Å². The van der Waals surface area contributed by atoms with Gasteiger partial charge in [-0.15, -0.1) is 11.3 Å². The van der Waals surface area contributed by atoms with Crippen LogP contribution in [-0.2, 0) is 12.0 Å². The molecule has 0 aliphatic rings. The molecule has 0 bridgehead atoms. The number of para-hydroxylation sites is 1. The van der Waals surface area contributed by atoms with Crippen LogP contribution in [0.3, 0.4) is 0 Å². The number of rotatable bonds is 3. The molecule has 1 aromatic heterocycles. The molecule has 2 aromatic carbocycles. The van der Waals surface area contributed by atoms with Gasteiger partial charge in [0.15, 0.2) is 11.6 Å². The van der Waals surface area contributed by atoms with Gasteiger partial charge in [-0.3, -0.25) is 0 Å². The van der Waals surface area contributed by atoms with Crippen molar-refractivity contribution in [2.45, 2.75) is 18.9 Å². The monoisotopic (exact) mass is 305 g/mol. The number of aliphatic hydroxyl groups is 1. The number of hydrogen-bond donors (Lipinski definition) is 1. The number of nitrogens with zero attached hydrogens (tertiary/aromatic N) is 1. The summed E-state index contributed by atoms with van der Waals surface area (Å²) in [5, 5.41) is 11.2. The van der Waals surface area contributed by atoms with Crippen molar-refractivity contribution >= 4 is 21.6 Å². The quantitative estimate of drug-likeness (QED) is 0.792. The molecule has 2 nitrogen and oxygen atoms in total. The minimum atomic E-state index is -1.51. The zero-order chi connectivity index (χ0) is 15.0. The third-order valence-electron chi connectivity index (χ3n) is 3.37. The first-order valence-electron chi connectivity index (χ1n) is 6.49. The van der Waals surface area contributed by atoms with Crippen LogP contribution in [0, 0.1) is 11.6 Å². The minimum absolute atomic E-state index is 0.0539. The van der Waals surface area contributed by atoms with Crippen LogP contribution in [0.15, 0.2) is 42.5 Å². The average molecular weight is 305 g/mol. The molecule has 21 heavy (non-hydrogen) atoms. The third-order valence-corrected chi connectivity index (χ3v) is 4.40. The van der Waals surface area contributed by atoms with E-state index in [1.54, 1.807) is 0 Å². The lowest BCUT2D eigenvalue weighted by atomic mass is 9.92. The van der Waals surface area contributed by atoms with E-state index >= 15 is 0 Å². The van der Waals surface area contributed by atoms with E-state index in [1.165, 1.54) is 30.4 Å². The Kier molecular flexibility index (Phi) is 3.47. The van der Waals surface area contributed by atoms with Gasteiger partial charge in [-0.2, -0.15) is 0 Å². The molecule has 0 saturated carbocycles. The van der Waals surface area contributed by atoms with Crippen LogP contribution in [-0.4, -0.2) is 10.1 Å². The second-order valence-electron chi connectivity index (χ2n) is 5.13. The van der Waals surface area contributed by atoms with Crippen molar-refractivity contribution in [1.29, 1.82) is 0 Å². The second kappa shape index (κ2) is 5.16. The second-order valence-corrected chi connectivity index (χ2v) is 6.24. The van der Waals surface area contributed by atoms with E-state index in [9.17, 15) is 13.9 Å². The van der Waals surface area contributed by atoms with Crippen molar-refractivity contribution in [1.82, 2.24) is 4.98 Å². The summed E-state index contributed by atoms with van der Waals surface area (Å²) in [6, 6.07) is 11.4. The molecule has 0 spiro atoms. The fourth-order valence-electron chi connectivity index (χ4n) is 2.30. The number of benzene rings is 2. The molecule has 0 radical (unpaired) electrons. The molecule has 0 aliphatic heterocycles. The molecule has 1 unspecified atom stereocenters. The van der Waals surface area contributed by atoms with Gasteiger partial charge in [-0.25, -0.2) is 13.8 Å². The molecule has 0 amide bonds. The fraction of sp³-hybridized carbons (Fsp3) is 0.188. The molecular formula is C16H13F2NOS.